The molecule has 0 radical (unpaired) electrons. The van der Waals surface area contributed by atoms with Crippen LogP contribution in [0.25, 0.3) is 0 Å². The number of methoxy groups -OCH3 is 1. The number of aliphatic hydroxyl groups is 5. The summed E-state index contributed by atoms with van der Waals surface area (Å²) in [6.07, 6.45) is -7.35. The molecule has 4 heterocycles. The molecular weight excluding hydrogens is 877 g/mol. The minimum atomic E-state index is -1.85. The van der Waals surface area contributed by atoms with Gasteiger partial charge < -0.3 is 63.8 Å². The lowest BCUT2D eigenvalue weighted by Gasteiger charge is -2.49. The van der Waals surface area contributed by atoms with Crippen molar-refractivity contribution < 1.29 is 67.5 Å². The van der Waals surface area contributed by atoms with Gasteiger partial charge in [-0.3, -0.25) is 4.79 Å². The minimum absolute atomic E-state index is 0.00157. The molecule has 0 bridgehead atoms. The summed E-state index contributed by atoms with van der Waals surface area (Å²) in [5.74, 6) is -4.75. The molecule has 3 saturated heterocycles. The van der Waals surface area contributed by atoms with Crippen molar-refractivity contribution in [1.29, 1.82) is 0 Å². The topological polar surface area (TPSA) is 211 Å². The highest BCUT2D eigenvalue weighted by Crippen LogP contribution is 2.40. The standard InChI is InChI=1S/C48H79F2N5O12/c1-14-36-48(10,61)41(57)30(6)54(12)23-26(2)21-46(8,60)43(28(4)40(29(5)44(59)65-36)66-37-22-47(9,62-13)42(58)31(7)64-37)67-45-39(56)35(20-27(3)63-45)53(11)19-18-33-25-55(52-51-33)24-32-16-15-17-34(49)38(32)50/h15-17,25-31,35-37,39-43,45,56-58,60-61H,14,18-24H2,1-13H3/t26-,27-,28+,29-,30-,31+,35+,36-,37+,39-,40+,41-,42+,43-,45+,46-,47-,48-/m1/s1. The van der Waals surface area contributed by atoms with E-state index in [-0.39, 0.29) is 37.3 Å². The molecule has 67 heavy (non-hydrogen) atoms. The van der Waals surface area contributed by atoms with Gasteiger partial charge in [-0.1, -0.05) is 38.1 Å². The van der Waals surface area contributed by atoms with Crippen molar-refractivity contribution in [2.75, 3.05) is 34.3 Å². The summed E-state index contributed by atoms with van der Waals surface area (Å²) in [6.45, 7) is 18.2. The normalized spacial score (nSPS) is 41.1. The number of carbonyl (C=O) groups excluding carboxylic acids is 1. The summed E-state index contributed by atoms with van der Waals surface area (Å²) in [4.78, 5) is 18.3. The molecule has 3 aliphatic rings. The second-order valence-electron chi connectivity index (χ2n) is 20.6. The van der Waals surface area contributed by atoms with Gasteiger partial charge >= 0.3 is 5.97 Å². The SMILES string of the molecule is CC[C@H]1OC(=O)[C@H](C)[C@@H](O[C@H]2C[C@@](C)(OC)[C@@H](O)[C@H](C)O2)[C@H](C)[C@@H](O[C@@H]2O[C@H](C)C[C@H](N(C)CCc3cn(Cc4cccc(F)c4F)nn3)[C@H]2O)[C@](C)(O)C[C@@H](C)CN(C)[C@H](C)[C@@H](O)[C@]1(C)O. The van der Waals surface area contributed by atoms with Crippen LogP contribution in [0, 0.1) is 29.4 Å². The van der Waals surface area contributed by atoms with E-state index in [0.717, 1.165) is 6.07 Å². The van der Waals surface area contributed by atoms with Crippen LogP contribution in [0.1, 0.15) is 106 Å². The quantitative estimate of drug-likeness (QED) is 0.193. The highest BCUT2D eigenvalue weighted by atomic mass is 19.2. The molecule has 1 aromatic carbocycles. The van der Waals surface area contributed by atoms with E-state index >= 15 is 0 Å². The number of hydrogen-bond acceptors (Lipinski definition) is 16. The number of aliphatic hydroxyl groups excluding tert-OH is 3. The van der Waals surface area contributed by atoms with E-state index in [1.165, 1.54) is 30.8 Å². The third-order valence-corrected chi connectivity index (χ3v) is 14.8. The number of ether oxygens (including phenoxy) is 6. The van der Waals surface area contributed by atoms with Crippen molar-refractivity contribution in [3.63, 3.8) is 0 Å². The molecule has 382 valence electrons. The van der Waals surface area contributed by atoms with Gasteiger partial charge in [0.05, 0.1) is 53.8 Å². The highest BCUT2D eigenvalue weighted by Gasteiger charge is 2.53. The van der Waals surface area contributed by atoms with Crippen molar-refractivity contribution in [3.05, 3.63) is 47.3 Å². The molecule has 5 N–H and O–H groups in total. The Hall–Kier alpha value is -2.79. The summed E-state index contributed by atoms with van der Waals surface area (Å²) in [7, 11) is 5.17. The average molecular weight is 956 g/mol. The van der Waals surface area contributed by atoms with Gasteiger partial charge in [0.25, 0.3) is 0 Å². The van der Waals surface area contributed by atoms with E-state index in [9.17, 15) is 39.1 Å². The second kappa shape index (κ2) is 22.5. The zero-order valence-electron chi connectivity index (χ0n) is 41.7. The highest BCUT2D eigenvalue weighted by molar-refractivity contribution is 5.73. The number of carbonyl (C=O) groups is 1. The third-order valence-electron chi connectivity index (χ3n) is 14.8. The van der Waals surface area contributed by atoms with E-state index in [2.05, 4.69) is 10.3 Å². The lowest BCUT2D eigenvalue weighted by atomic mass is 9.77. The van der Waals surface area contributed by atoms with Gasteiger partial charge in [0.15, 0.2) is 24.2 Å². The predicted molar refractivity (Wildman–Crippen MR) is 242 cm³/mol. The fourth-order valence-corrected chi connectivity index (χ4v) is 10.5. The number of hydrogen-bond donors (Lipinski definition) is 5. The van der Waals surface area contributed by atoms with Gasteiger partial charge in [-0.15, -0.1) is 5.10 Å². The molecule has 0 aliphatic carbocycles. The number of rotatable bonds is 12. The van der Waals surface area contributed by atoms with Crippen LogP contribution in [0.3, 0.4) is 0 Å². The number of aromatic nitrogens is 3. The number of likely N-dealkylation sites (N-methyl/N-ethyl adjacent to an activating group) is 2. The van der Waals surface area contributed by atoms with E-state index in [0.29, 0.717) is 31.6 Å². The monoisotopic (exact) mass is 956 g/mol. The number of benzene rings is 1. The van der Waals surface area contributed by atoms with Crippen LogP contribution >= 0.6 is 0 Å². The summed E-state index contributed by atoms with van der Waals surface area (Å²) in [5, 5.41) is 67.8. The largest absolute Gasteiger partial charge is 0.459 e. The number of esters is 1. The Kier molecular flexibility index (Phi) is 18.5. The summed E-state index contributed by atoms with van der Waals surface area (Å²) in [6, 6.07) is 2.91. The zero-order chi connectivity index (χ0) is 49.9. The maximum Gasteiger partial charge on any atom is 0.311 e. The van der Waals surface area contributed by atoms with Crippen LogP contribution in [-0.4, -0.2) is 181 Å². The fraction of sp³-hybridized carbons (Fsp3) is 0.812. The van der Waals surface area contributed by atoms with Crippen LogP contribution in [0.4, 0.5) is 8.78 Å². The Morgan fingerprint density at radius 1 is 0.985 bits per heavy atom. The summed E-state index contributed by atoms with van der Waals surface area (Å²) < 4.78 is 67.7. The van der Waals surface area contributed by atoms with Crippen molar-refractivity contribution in [3.8, 4) is 0 Å². The molecule has 0 amide bonds. The number of halogens is 2. The maximum atomic E-state index is 14.4. The van der Waals surface area contributed by atoms with E-state index in [4.69, 9.17) is 28.4 Å². The van der Waals surface area contributed by atoms with E-state index in [1.807, 2.05) is 37.7 Å². The average Bonchev–Trinajstić information content (AvgIpc) is 3.72. The Labute approximate surface area is 395 Å². The van der Waals surface area contributed by atoms with E-state index < -0.39 is 120 Å². The predicted octanol–water partition coefficient (Wildman–Crippen LogP) is 3.43. The zero-order valence-corrected chi connectivity index (χ0v) is 41.7. The molecule has 19 heteroatoms. The smallest absolute Gasteiger partial charge is 0.311 e. The molecule has 17 nitrogen and oxygen atoms in total. The molecule has 3 fully saturated rings. The summed E-state index contributed by atoms with van der Waals surface area (Å²) >= 11 is 0. The Balaban J connectivity index is 1.46. The van der Waals surface area contributed by atoms with E-state index in [1.54, 1.807) is 54.7 Å². The van der Waals surface area contributed by atoms with Crippen molar-refractivity contribution in [2.45, 2.75) is 198 Å². The Morgan fingerprint density at radius 2 is 1.67 bits per heavy atom. The van der Waals surface area contributed by atoms with Gasteiger partial charge in [0.1, 0.15) is 30.0 Å². The molecule has 0 spiro atoms. The first-order valence-corrected chi connectivity index (χ1v) is 23.8. The molecular formula is C48H79F2N5O12. The van der Waals surface area contributed by atoms with Crippen LogP contribution in [0.5, 0.6) is 0 Å². The van der Waals surface area contributed by atoms with Crippen molar-refractivity contribution >= 4 is 5.97 Å². The van der Waals surface area contributed by atoms with Gasteiger partial charge in [0.2, 0.25) is 0 Å². The first kappa shape index (κ1) is 55.1. The van der Waals surface area contributed by atoms with Crippen molar-refractivity contribution in [2.24, 2.45) is 17.8 Å². The summed E-state index contributed by atoms with van der Waals surface area (Å²) in [5.41, 5.74) is -3.83. The van der Waals surface area contributed by atoms with Gasteiger partial charge in [-0.05, 0) is 93.8 Å². The Bertz CT molecular complexity index is 1910. The van der Waals surface area contributed by atoms with Crippen LogP contribution < -0.4 is 0 Å². The third kappa shape index (κ3) is 12.8. The first-order valence-electron chi connectivity index (χ1n) is 23.8. The fourth-order valence-electron chi connectivity index (χ4n) is 10.5. The maximum absolute atomic E-state index is 14.4. The lowest BCUT2D eigenvalue weighted by Crippen LogP contribution is -2.61. The van der Waals surface area contributed by atoms with Crippen molar-refractivity contribution in [1.82, 2.24) is 24.8 Å². The number of cyclic esters (lactones) is 1. The molecule has 1 aromatic heterocycles. The van der Waals surface area contributed by atoms with Gasteiger partial charge in [-0.25, -0.2) is 13.5 Å². The second-order valence-corrected chi connectivity index (χ2v) is 20.6. The molecule has 18 atom stereocenters. The molecule has 0 saturated carbocycles. The lowest BCUT2D eigenvalue weighted by molar-refractivity contribution is -0.318. The minimum Gasteiger partial charge on any atom is -0.459 e. The molecule has 2 aromatic rings. The van der Waals surface area contributed by atoms with Crippen LogP contribution in [0.15, 0.2) is 24.4 Å². The molecule has 0 unspecified atom stereocenters. The number of nitrogens with zero attached hydrogens (tertiary/aromatic N) is 5. The molecule has 5 rings (SSSR count). The van der Waals surface area contributed by atoms with Crippen LogP contribution in [0.2, 0.25) is 0 Å². The van der Waals surface area contributed by atoms with Gasteiger partial charge in [0, 0.05) is 62.8 Å². The van der Waals surface area contributed by atoms with Crippen LogP contribution in [-0.2, 0) is 46.2 Å². The first-order chi connectivity index (χ1) is 31.2. The Morgan fingerprint density at radius 3 is 2.33 bits per heavy atom. The van der Waals surface area contributed by atoms with Gasteiger partial charge in [-0.2, -0.15) is 0 Å². The molecule has 3 aliphatic heterocycles.